The number of carbonyl (C=O) groups is 1. The largest absolute Gasteiger partial charge is 0.457 e. The van der Waals surface area contributed by atoms with E-state index in [1.165, 1.54) is 24.4 Å². The van der Waals surface area contributed by atoms with E-state index in [1.54, 1.807) is 24.7 Å². The highest BCUT2D eigenvalue weighted by Crippen LogP contribution is 2.38. The van der Waals surface area contributed by atoms with Crippen molar-refractivity contribution in [2.24, 2.45) is 5.73 Å². The fourth-order valence-electron chi connectivity index (χ4n) is 2.70. The van der Waals surface area contributed by atoms with Gasteiger partial charge in [-0.3, -0.25) is 4.79 Å². The molecular weight excluding hydrogens is 368 g/mol. The molecule has 0 bridgehead atoms. The van der Waals surface area contributed by atoms with Crippen LogP contribution in [0.5, 0.6) is 0 Å². The lowest BCUT2D eigenvalue weighted by molar-refractivity contribution is 0.0974. The van der Waals surface area contributed by atoms with Crippen LogP contribution in [0.3, 0.4) is 0 Å². The summed E-state index contributed by atoms with van der Waals surface area (Å²) in [6, 6.07) is 1.69. The molecule has 4 heterocycles. The summed E-state index contributed by atoms with van der Waals surface area (Å²) in [6.45, 7) is 2.89. The van der Waals surface area contributed by atoms with Crippen molar-refractivity contribution in [3.05, 3.63) is 43.0 Å². The van der Waals surface area contributed by atoms with Gasteiger partial charge in [0, 0.05) is 36.6 Å². The number of aromatic nitrogens is 4. The van der Waals surface area contributed by atoms with Crippen molar-refractivity contribution in [1.29, 1.82) is 0 Å². The molecule has 0 radical (unpaired) electrons. The Balaban J connectivity index is 1.60. The zero-order chi connectivity index (χ0) is 18.6. The third-order valence-corrected chi connectivity index (χ3v) is 4.92. The zero-order valence-electron chi connectivity index (χ0n) is 14.2. The SMILES string of the molecule is NC(=O)c1occ(Sc2cnc(N3CCOCC3)nc2)c1-c1ccncn1. The minimum atomic E-state index is -0.658. The van der Waals surface area contributed by atoms with Crippen LogP contribution in [0, 0.1) is 0 Å². The Morgan fingerprint density at radius 2 is 1.96 bits per heavy atom. The fraction of sp³-hybridized carbons (Fsp3) is 0.235. The molecule has 3 aromatic rings. The number of primary amides is 1. The van der Waals surface area contributed by atoms with Gasteiger partial charge < -0.3 is 19.8 Å². The predicted octanol–water partition coefficient (Wildman–Crippen LogP) is 1.61. The molecule has 9 nitrogen and oxygen atoms in total. The fourth-order valence-corrected chi connectivity index (χ4v) is 3.56. The van der Waals surface area contributed by atoms with E-state index in [0.717, 1.165) is 18.0 Å². The number of ether oxygens (including phenoxy) is 1. The summed E-state index contributed by atoms with van der Waals surface area (Å²) in [4.78, 5) is 32.3. The number of anilines is 1. The number of furan rings is 1. The lowest BCUT2D eigenvalue weighted by Gasteiger charge is -2.26. The molecule has 2 N–H and O–H groups in total. The van der Waals surface area contributed by atoms with Gasteiger partial charge in [-0.15, -0.1) is 0 Å². The summed E-state index contributed by atoms with van der Waals surface area (Å²) in [5.41, 5.74) is 6.53. The van der Waals surface area contributed by atoms with Crippen molar-refractivity contribution in [3.63, 3.8) is 0 Å². The second-order valence-electron chi connectivity index (χ2n) is 5.68. The highest BCUT2D eigenvalue weighted by molar-refractivity contribution is 7.99. The van der Waals surface area contributed by atoms with Crippen LogP contribution in [0.4, 0.5) is 5.95 Å². The van der Waals surface area contributed by atoms with Gasteiger partial charge in [0.05, 0.1) is 29.4 Å². The van der Waals surface area contributed by atoms with Crippen molar-refractivity contribution in [2.75, 3.05) is 31.2 Å². The second kappa shape index (κ2) is 7.72. The van der Waals surface area contributed by atoms with E-state index in [1.807, 2.05) is 0 Å². The topological polar surface area (TPSA) is 120 Å². The first-order valence-electron chi connectivity index (χ1n) is 8.22. The number of carbonyl (C=O) groups excluding carboxylic acids is 1. The minimum Gasteiger partial charge on any atom is -0.457 e. The molecular formula is C17H16N6O3S. The van der Waals surface area contributed by atoms with Crippen LogP contribution in [-0.4, -0.2) is 52.1 Å². The van der Waals surface area contributed by atoms with E-state index in [4.69, 9.17) is 14.9 Å². The van der Waals surface area contributed by atoms with Crippen molar-refractivity contribution >= 4 is 23.6 Å². The Morgan fingerprint density at radius 3 is 2.63 bits per heavy atom. The highest BCUT2D eigenvalue weighted by Gasteiger charge is 2.22. The van der Waals surface area contributed by atoms with Crippen molar-refractivity contribution in [2.45, 2.75) is 9.79 Å². The van der Waals surface area contributed by atoms with Gasteiger partial charge in [0.2, 0.25) is 11.7 Å². The summed E-state index contributed by atoms with van der Waals surface area (Å²) in [7, 11) is 0. The van der Waals surface area contributed by atoms with Gasteiger partial charge >= 0.3 is 0 Å². The Labute approximate surface area is 159 Å². The lowest BCUT2D eigenvalue weighted by atomic mass is 10.1. The van der Waals surface area contributed by atoms with E-state index in [-0.39, 0.29) is 5.76 Å². The van der Waals surface area contributed by atoms with Crippen molar-refractivity contribution < 1.29 is 13.9 Å². The van der Waals surface area contributed by atoms with Gasteiger partial charge in [-0.2, -0.15) is 0 Å². The number of amides is 1. The van der Waals surface area contributed by atoms with E-state index in [9.17, 15) is 4.79 Å². The monoisotopic (exact) mass is 384 g/mol. The van der Waals surface area contributed by atoms with E-state index >= 15 is 0 Å². The van der Waals surface area contributed by atoms with Gasteiger partial charge in [-0.05, 0) is 6.07 Å². The first-order valence-corrected chi connectivity index (χ1v) is 9.04. The molecule has 0 unspecified atom stereocenters. The van der Waals surface area contributed by atoms with Crippen LogP contribution in [0.15, 0.2) is 51.5 Å². The van der Waals surface area contributed by atoms with Gasteiger partial charge in [0.25, 0.3) is 5.91 Å². The smallest absolute Gasteiger partial charge is 0.285 e. The lowest BCUT2D eigenvalue weighted by Crippen LogP contribution is -2.37. The van der Waals surface area contributed by atoms with Crippen LogP contribution < -0.4 is 10.6 Å². The number of morpholine rings is 1. The van der Waals surface area contributed by atoms with E-state index in [0.29, 0.717) is 35.3 Å². The average molecular weight is 384 g/mol. The Hall–Kier alpha value is -2.98. The summed E-state index contributed by atoms with van der Waals surface area (Å²) >= 11 is 1.37. The maximum atomic E-state index is 11.7. The summed E-state index contributed by atoms with van der Waals surface area (Å²) in [5, 5.41) is 0. The minimum absolute atomic E-state index is 0.0575. The van der Waals surface area contributed by atoms with Gasteiger partial charge in [0.1, 0.15) is 12.6 Å². The van der Waals surface area contributed by atoms with Crippen molar-refractivity contribution in [1.82, 2.24) is 19.9 Å². The van der Waals surface area contributed by atoms with Crippen molar-refractivity contribution in [3.8, 4) is 11.3 Å². The second-order valence-corrected chi connectivity index (χ2v) is 6.80. The third kappa shape index (κ3) is 3.76. The number of hydrogen-bond acceptors (Lipinski definition) is 9. The first kappa shape index (κ1) is 17.4. The molecule has 0 aromatic carbocycles. The maximum Gasteiger partial charge on any atom is 0.285 e. The molecule has 1 saturated heterocycles. The van der Waals surface area contributed by atoms with Crippen LogP contribution >= 0.6 is 11.8 Å². The van der Waals surface area contributed by atoms with Crippen LogP contribution in [0.1, 0.15) is 10.6 Å². The molecule has 4 rings (SSSR count). The summed E-state index contributed by atoms with van der Waals surface area (Å²) in [5.74, 6) is 0.0696. The molecule has 1 aliphatic heterocycles. The molecule has 3 aromatic heterocycles. The number of nitrogens with two attached hydrogens (primary N) is 1. The Bertz CT molecular complexity index is 926. The number of rotatable bonds is 5. The van der Waals surface area contributed by atoms with Crippen LogP contribution in [0.2, 0.25) is 0 Å². The maximum absolute atomic E-state index is 11.7. The average Bonchev–Trinajstić information content (AvgIpc) is 3.14. The first-order chi connectivity index (χ1) is 13.2. The van der Waals surface area contributed by atoms with Crippen LogP contribution in [0.25, 0.3) is 11.3 Å². The third-order valence-electron chi connectivity index (χ3n) is 3.96. The van der Waals surface area contributed by atoms with Gasteiger partial charge in [-0.25, -0.2) is 19.9 Å². The molecule has 0 spiro atoms. The predicted molar refractivity (Wildman–Crippen MR) is 97.4 cm³/mol. The zero-order valence-corrected chi connectivity index (χ0v) is 15.1. The normalized spacial score (nSPS) is 14.3. The Kier molecular flexibility index (Phi) is 4.99. The number of nitrogens with zero attached hydrogens (tertiary/aromatic N) is 5. The molecule has 1 fully saturated rings. The summed E-state index contributed by atoms with van der Waals surface area (Å²) in [6.07, 6.45) is 7.96. The molecule has 138 valence electrons. The molecule has 0 saturated carbocycles. The molecule has 27 heavy (non-hydrogen) atoms. The van der Waals surface area contributed by atoms with Gasteiger partial charge in [-0.1, -0.05) is 11.8 Å². The van der Waals surface area contributed by atoms with E-state index < -0.39 is 5.91 Å². The van der Waals surface area contributed by atoms with Gasteiger partial charge in [0.15, 0.2) is 0 Å². The molecule has 0 aliphatic carbocycles. The highest BCUT2D eigenvalue weighted by atomic mass is 32.2. The summed E-state index contributed by atoms with van der Waals surface area (Å²) < 4.78 is 10.7. The Morgan fingerprint density at radius 1 is 1.19 bits per heavy atom. The number of hydrogen-bond donors (Lipinski definition) is 1. The molecule has 10 heteroatoms. The quantitative estimate of drug-likeness (QED) is 0.699. The molecule has 1 amide bonds. The van der Waals surface area contributed by atoms with Crippen LogP contribution in [-0.2, 0) is 4.74 Å². The standard InChI is InChI=1S/C17H16N6O3S/c18-16(24)15-14(12-1-2-19-10-22-12)13(9-26-15)27-11-7-20-17(21-8-11)23-3-5-25-6-4-23/h1-2,7-10H,3-6H2,(H2,18,24). The molecule has 1 aliphatic rings. The van der Waals surface area contributed by atoms with E-state index in [2.05, 4.69) is 24.8 Å². The molecule has 0 atom stereocenters.